The zero-order valence-electron chi connectivity index (χ0n) is 14.2. The van der Waals surface area contributed by atoms with Crippen molar-refractivity contribution in [2.45, 2.75) is 53.2 Å². The summed E-state index contributed by atoms with van der Waals surface area (Å²) in [5.74, 6) is 0.680. The highest BCUT2D eigenvalue weighted by atomic mass is 16.5. The molecule has 0 saturated carbocycles. The molecule has 2 unspecified atom stereocenters. The molecule has 1 N–H and O–H groups in total. The number of ether oxygens (including phenoxy) is 1. The second-order valence-corrected chi connectivity index (χ2v) is 7.13. The highest BCUT2D eigenvalue weighted by Crippen LogP contribution is 2.32. The van der Waals surface area contributed by atoms with Gasteiger partial charge < -0.3 is 10.1 Å². The van der Waals surface area contributed by atoms with Crippen molar-refractivity contribution in [1.29, 1.82) is 0 Å². The zero-order chi connectivity index (χ0) is 15.3. The fraction of sp³-hybridized carbons (Fsp3) is 0.667. The van der Waals surface area contributed by atoms with Crippen LogP contribution in [-0.4, -0.2) is 20.3 Å². The average Bonchev–Trinajstić information content (AvgIpc) is 2.33. The average molecular weight is 277 g/mol. The summed E-state index contributed by atoms with van der Waals surface area (Å²) in [5, 5.41) is 3.43. The van der Waals surface area contributed by atoms with Crippen LogP contribution in [0.1, 0.15) is 51.8 Å². The number of likely N-dealkylation sites (N-methyl/N-ethyl adjacent to an activating group) is 1. The lowest BCUT2D eigenvalue weighted by Gasteiger charge is -2.36. The van der Waals surface area contributed by atoms with Crippen LogP contribution in [0.4, 0.5) is 0 Å². The van der Waals surface area contributed by atoms with Gasteiger partial charge in [-0.05, 0) is 35.9 Å². The van der Waals surface area contributed by atoms with Crippen LogP contribution in [0.15, 0.2) is 24.3 Å². The molecule has 0 bridgehead atoms. The summed E-state index contributed by atoms with van der Waals surface area (Å²) in [6.45, 7) is 11.2. The smallest absolute Gasteiger partial charge is 0.0813 e. The highest BCUT2D eigenvalue weighted by molar-refractivity contribution is 5.27. The predicted molar refractivity (Wildman–Crippen MR) is 87.0 cm³/mol. The van der Waals surface area contributed by atoms with E-state index in [4.69, 9.17) is 4.74 Å². The van der Waals surface area contributed by atoms with Gasteiger partial charge in [-0.2, -0.15) is 0 Å². The molecule has 114 valence electrons. The Hall–Kier alpha value is -0.860. The molecule has 2 atom stereocenters. The Morgan fingerprint density at radius 3 is 2.30 bits per heavy atom. The minimum atomic E-state index is 0.0937. The van der Waals surface area contributed by atoms with Crippen LogP contribution in [-0.2, 0) is 11.2 Å². The second kappa shape index (κ2) is 7.24. The Kier molecular flexibility index (Phi) is 6.22. The number of hydrogen-bond donors (Lipinski definition) is 1. The summed E-state index contributed by atoms with van der Waals surface area (Å²) in [5.41, 5.74) is 2.81. The third kappa shape index (κ3) is 4.60. The molecule has 2 heteroatoms. The van der Waals surface area contributed by atoms with Gasteiger partial charge in [-0.15, -0.1) is 0 Å². The lowest BCUT2D eigenvalue weighted by Crippen LogP contribution is -2.40. The third-order valence-electron chi connectivity index (χ3n) is 3.68. The Labute approximate surface area is 124 Å². The van der Waals surface area contributed by atoms with Gasteiger partial charge in [-0.3, -0.25) is 0 Å². The Bertz CT molecular complexity index is 406. The molecule has 0 spiro atoms. The van der Waals surface area contributed by atoms with Crippen molar-refractivity contribution in [3.05, 3.63) is 35.4 Å². The van der Waals surface area contributed by atoms with Crippen LogP contribution in [0.2, 0.25) is 0 Å². The molecule has 0 fully saturated rings. The number of benzene rings is 1. The van der Waals surface area contributed by atoms with Crippen molar-refractivity contribution in [3.8, 4) is 0 Å². The van der Waals surface area contributed by atoms with Crippen LogP contribution in [0.3, 0.4) is 0 Å². The van der Waals surface area contributed by atoms with E-state index in [2.05, 4.69) is 64.2 Å². The van der Waals surface area contributed by atoms with Gasteiger partial charge in [0.15, 0.2) is 0 Å². The molecule has 1 aromatic rings. The van der Waals surface area contributed by atoms with E-state index in [1.165, 1.54) is 11.1 Å². The number of hydrogen-bond acceptors (Lipinski definition) is 2. The van der Waals surface area contributed by atoms with Gasteiger partial charge in [-0.1, -0.05) is 58.9 Å². The topological polar surface area (TPSA) is 21.3 Å². The lowest BCUT2D eigenvalue weighted by atomic mass is 9.81. The van der Waals surface area contributed by atoms with Crippen molar-refractivity contribution in [3.63, 3.8) is 0 Å². The first kappa shape index (κ1) is 17.2. The normalized spacial score (nSPS) is 15.4. The fourth-order valence-electron chi connectivity index (χ4n) is 2.87. The highest BCUT2D eigenvalue weighted by Gasteiger charge is 2.32. The fourth-order valence-corrected chi connectivity index (χ4v) is 2.87. The van der Waals surface area contributed by atoms with Crippen molar-refractivity contribution in [1.82, 2.24) is 5.32 Å². The molecule has 0 radical (unpaired) electrons. The van der Waals surface area contributed by atoms with E-state index >= 15 is 0 Å². The van der Waals surface area contributed by atoms with Gasteiger partial charge in [0.1, 0.15) is 0 Å². The molecule has 20 heavy (non-hydrogen) atoms. The van der Waals surface area contributed by atoms with Crippen LogP contribution < -0.4 is 5.32 Å². The van der Waals surface area contributed by atoms with Gasteiger partial charge >= 0.3 is 0 Å². The largest absolute Gasteiger partial charge is 0.379 e. The molecule has 0 aliphatic carbocycles. The summed E-state index contributed by atoms with van der Waals surface area (Å²) in [4.78, 5) is 0. The first-order chi connectivity index (χ1) is 9.29. The maximum atomic E-state index is 5.78. The molecule has 1 aromatic carbocycles. The summed E-state index contributed by atoms with van der Waals surface area (Å²) >= 11 is 0. The standard InChI is InChI=1S/C18H31NO/c1-13(2)11-14-9-8-10-15(12-14)16(19-6)17(20-7)18(3,4)5/h8-10,12-13,16-17,19H,11H2,1-7H3. The predicted octanol–water partition coefficient (Wildman–Crippen LogP) is 4.21. The molecular weight excluding hydrogens is 246 g/mol. The lowest BCUT2D eigenvalue weighted by molar-refractivity contribution is -0.0102. The van der Waals surface area contributed by atoms with E-state index in [1.807, 2.05) is 7.05 Å². The molecule has 0 amide bonds. The van der Waals surface area contributed by atoms with Gasteiger partial charge in [-0.25, -0.2) is 0 Å². The van der Waals surface area contributed by atoms with E-state index < -0.39 is 0 Å². The second-order valence-electron chi connectivity index (χ2n) is 7.13. The minimum Gasteiger partial charge on any atom is -0.379 e. The van der Waals surface area contributed by atoms with Crippen LogP contribution in [0.5, 0.6) is 0 Å². The SMILES string of the molecule is CNC(c1cccc(CC(C)C)c1)C(OC)C(C)(C)C. The molecule has 0 aromatic heterocycles. The van der Waals surface area contributed by atoms with Crippen LogP contribution >= 0.6 is 0 Å². The van der Waals surface area contributed by atoms with Gasteiger partial charge in [0, 0.05) is 7.11 Å². The van der Waals surface area contributed by atoms with Crippen molar-refractivity contribution in [2.75, 3.05) is 14.2 Å². The minimum absolute atomic E-state index is 0.0937. The molecule has 1 rings (SSSR count). The monoisotopic (exact) mass is 277 g/mol. The van der Waals surface area contributed by atoms with E-state index in [1.54, 1.807) is 7.11 Å². The Balaban J connectivity index is 3.05. The quantitative estimate of drug-likeness (QED) is 0.841. The van der Waals surface area contributed by atoms with Crippen molar-refractivity contribution < 1.29 is 4.74 Å². The number of rotatable bonds is 6. The van der Waals surface area contributed by atoms with Crippen LogP contribution in [0, 0.1) is 11.3 Å². The maximum Gasteiger partial charge on any atom is 0.0813 e. The maximum absolute atomic E-state index is 5.78. The molecule has 0 heterocycles. The number of methoxy groups -OCH3 is 1. The summed E-state index contributed by atoms with van der Waals surface area (Å²) in [7, 11) is 3.82. The van der Waals surface area contributed by atoms with E-state index in [0.717, 1.165) is 6.42 Å². The van der Waals surface area contributed by atoms with E-state index in [0.29, 0.717) is 5.92 Å². The zero-order valence-corrected chi connectivity index (χ0v) is 14.2. The Morgan fingerprint density at radius 2 is 1.85 bits per heavy atom. The molecular formula is C18H31NO. The molecule has 0 aliphatic heterocycles. The molecule has 2 nitrogen and oxygen atoms in total. The van der Waals surface area contributed by atoms with Crippen molar-refractivity contribution in [2.24, 2.45) is 11.3 Å². The third-order valence-corrected chi connectivity index (χ3v) is 3.68. The summed E-state index contributed by atoms with van der Waals surface area (Å²) in [6, 6.07) is 9.11. The Morgan fingerprint density at radius 1 is 1.20 bits per heavy atom. The van der Waals surface area contributed by atoms with Gasteiger partial charge in [0.05, 0.1) is 12.1 Å². The summed E-state index contributed by atoms with van der Waals surface area (Å²) in [6.07, 6.45) is 1.26. The van der Waals surface area contributed by atoms with Crippen LogP contribution in [0.25, 0.3) is 0 Å². The number of nitrogens with one attached hydrogen (secondary N) is 1. The molecule has 0 saturated heterocycles. The first-order valence-corrected chi connectivity index (χ1v) is 7.58. The van der Waals surface area contributed by atoms with E-state index in [9.17, 15) is 0 Å². The first-order valence-electron chi connectivity index (χ1n) is 7.58. The van der Waals surface area contributed by atoms with E-state index in [-0.39, 0.29) is 17.6 Å². The van der Waals surface area contributed by atoms with Gasteiger partial charge in [0.2, 0.25) is 0 Å². The molecule has 0 aliphatic rings. The van der Waals surface area contributed by atoms with Crippen molar-refractivity contribution >= 4 is 0 Å². The van der Waals surface area contributed by atoms with Gasteiger partial charge in [0.25, 0.3) is 0 Å². The summed E-state index contributed by atoms with van der Waals surface area (Å²) < 4.78 is 5.78.